The fourth-order valence-corrected chi connectivity index (χ4v) is 4.44. The van der Waals surface area contributed by atoms with E-state index in [4.69, 9.17) is 17.3 Å². The van der Waals surface area contributed by atoms with Crippen molar-refractivity contribution in [2.24, 2.45) is 11.7 Å². The third-order valence-corrected chi connectivity index (χ3v) is 6.26. The molecule has 1 saturated heterocycles. The van der Waals surface area contributed by atoms with Crippen LogP contribution < -0.4 is 16.0 Å². The molecule has 1 aliphatic heterocycles. The summed E-state index contributed by atoms with van der Waals surface area (Å²) in [5.74, 6) is 1.62. The van der Waals surface area contributed by atoms with Gasteiger partial charge in [0.25, 0.3) is 0 Å². The number of nitrogens with zero attached hydrogens (tertiary/aromatic N) is 2. The summed E-state index contributed by atoms with van der Waals surface area (Å²) < 4.78 is 0. The van der Waals surface area contributed by atoms with E-state index in [1.165, 1.54) is 5.56 Å². The summed E-state index contributed by atoms with van der Waals surface area (Å²) in [6.45, 7) is 1.78. The highest BCUT2D eigenvalue weighted by Gasteiger charge is 2.27. The lowest BCUT2D eigenvalue weighted by molar-refractivity contribution is -0.120. The summed E-state index contributed by atoms with van der Waals surface area (Å²) >= 11 is 5.98. The zero-order chi connectivity index (χ0) is 19.5. The molecule has 2 aliphatic rings. The Balaban J connectivity index is 0.00000160. The summed E-state index contributed by atoms with van der Waals surface area (Å²) in [5, 5.41) is 3.81. The average molecular weight is 405 g/mol. The molecule has 6 heteroatoms. The maximum absolute atomic E-state index is 12.7. The maximum atomic E-state index is 12.7. The molecule has 1 unspecified atom stereocenters. The van der Waals surface area contributed by atoms with Gasteiger partial charge in [-0.25, -0.2) is 4.98 Å². The van der Waals surface area contributed by atoms with Crippen molar-refractivity contribution in [2.45, 2.75) is 44.1 Å². The van der Waals surface area contributed by atoms with Crippen LogP contribution in [-0.2, 0) is 4.79 Å². The van der Waals surface area contributed by atoms with Crippen LogP contribution in [0.25, 0.3) is 0 Å². The molecular weight excluding hydrogens is 372 g/mol. The van der Waals surface area contributed by atoms with E-state index in [2.05, 4.69) is 27.3 Å². The Morgan fingerprint density at radius 2 is 1.86 bits per heavy atom. The number of nitrogens with one attached hydrogen (secondary N) is 1. The summed E-state index contributed by atoms with van der Waals surface area (Å²) in [7, 11) is 0. The van der Waals surface area contributed by atoms with Crippen molar-refractivity contribution in [3.63, 3.8) is 0 Å². The lowest BCUT2D eigenvalue weighted by Gasteiger charge is -2.28. The van der Waals surface area contributed by atoms with Crippen LogP contribution in [0.1, 0.15) is 47.9 Å². The number of rotatable bonds is 4. The number of anilines is 2. The highest BCUT2D eigenvalue weighted by Crippen LogP contribution is 2.36. The van der Waals surface area contributed by atoms with Crippen molar-refractivity contribution in [3.05, 3.63) is 53.2 Å². The molecule has 3 N–H and O–H groups in total. The van der Waals surface area contributed by atoms with Crippen LogP contribution in [0.4, 0.5) is 11.5 Å². The number of pyridine rings is 1. The van der Waals surface area contributed by atoms with Crippen LogP contribution in [0.3, 0.4) is 0 Å². The molecule has 1 atom stereocenters. The number of amides is 1. The van der Waals surface area contributed by atoms with Crippen molar-refractivity contribution < 1.29 is 9.07 Å². The van der Waals surface area contributed by atoms with E-state index in [-0.39, 0.29) is 22.1 Å². The van der Waals surface area contributed by atoms with E-state index in [1.54, 1.807) is 6.20 Å². The molecule has 2 fully saturated rings. The second-order valence-corrected chi connectivity index (χ2v) is 8.43. The molecule has 1 aliphatic carbocycles. The Kier molecular flexibility index (Phi) is 5.83. The fraction of sp³-hybridized carbons (Fsp3) is 0.455. The number of carbonyl (C=O) groups is 1. The molecule has 1 aromatic heterocycles. The Bertz CT molecular complexity index is 815. The van der Waals surface area contributed by atoms with Crippen LogP contribution in [0.15, 0.2) is 42.6 Å². The number of carbonyl (C=O) groups excluding carboxylic acids is 1. The van der Waals surface area contributed by atoms with Crippen LogP contribution >= 0.6 is 11.6 Å². The molecule has 28 heavy (non-hydrogen) atoms. The van der Waals surface area contributed by atoms with Crippen molar-refractivity contribution in [3.8, 4) is 0 Å². The maximum Gasteiger partial charge on any atom is 0.227 e. The van der Waals surface area contributed by atoms with Crippen LogP contribution in [0.2, 0.25) is 5.02 Å². The van der Waals surface area contributed by atoms with Crippen LogP contribution in [0, 0.1) is 5.92 Å². The number of hydrogen-bond acceptors (Lipinski definition) is 4. The van der Waals surface area contributed by atoms with Gasteiger partial charge in [0, 0.05) is 34.4 Å². The SMILES string of the molecule is NC1CCN(c2ccc(NC(=O)C3CCC(c4ccc(Cl)cc4)CC3)cn2)C1.[HH].[HH].[HH]. The zero-order valence-corrected chi connectivity index (χ0v) is 16.7. The lowest BCUT2D eigenvalue weighted by atomic mass is 9.78. The molecule has 0 radical (unpaired) electrons. The van der Waals surface area contributed by atoms with Crippen molar-refractivity contribution in [2.75, 3.05) is 23.3 Å². The van der Waals surface area contributed by atoms with Gasteiger partial charge < -0.3 is 16.0 Å². The molecule has 5 nitrogen and oxygen atoms in total. The Labute approximate surface area is 175 Å². The summed E-state index contributed by atoms with van der Waals surface area (Å²) in [6, 6.07) is 12.2. The first-order valence-electron chi connectivity index (χ1n) is 10.1. The Hall–Kier alpha value is -2.11. The minimum absolute atomic E-state index is 0. The second-order valence-electron chi connectivity index (χ2n) is 7.99. The van der Waals surface area contributed by atoms with Gasteiger partial charge in [0.05, 0.1) is 11.9 Å². The van der Waals surface area contributed by atoms with E-state index >= 15 is 0 Å². The van der Waals surface area contributed by atoms with Gasteiger partial charge in [-0.2, -0.15) is 0 Å². The normalized spacial score (nSPS) is 24.9. The topological polar surface area (TPSA) is 71.2 Å². The Morgan fingerprint density at radius 3 is 2.46 bits per heavy atom. The van der Waals surface area contributed by atoms with Gasteiger partial charge in [0.1, 0.15) is 5.82 Å². The first-order chi connectivity index (χ1) is 13.6. The number of benzene rings is 1. The predicted octanol–water partition coefficient (Wildman–Crippen LogP) is 4.92. The lowest BCUT2D eigenvalue weighted by Crippen LogP contribution is -2.27. The van der Waals surface area contributed by atoms with E-state index in [0.29, 0.717) is 5.92 Å². The third kappa shape index (κ3) is 4.47. The summed E-state index contributed by atoms with van der Waals surface area (Å²) in [4.78, 5) is 19.3. The molecule has 4 rings (SSSR count). The molecule has 2 aromatic rings. The number of aromatic nitrogens is 1. The molecule has 0 bridgehead atoms. The van der Waals surface area contributed by atoms with E-state index in [0.717, 1.165) is 61.7 Å². The van der Waals surface area contributed by atoms with Gasteiger partial charge >= 0.3 is 0 Å². The van der Waals surface area contributed by atoms with Crippen molar-refractivity contribution in [1.82, 2.24) is 4.98 Å². The van der Waals surface area contributed by atoms with E-state index < -0.39 is 0 Å². The van der Waals surface area contributed by atoms with E-state index in [9.17, 15) is 4.79 Å². The molecule has 1 amide bonds. The number of nitrogens with two attached hydrogens (primary N) is 1. The van der Waals surface area contributed by atoms with Crippen molar-refractivity contribution >= 4 is 29.0 Å². The molecule has 2 heterocycles. The average Bonchev–Trinajstić information content (AvgIpc) is 3.15. The van der Waals surface area contributed by atoms with Gasteiger partial charge in [-0.05, 0) is 67.9 Å². The van der Waals surface area contributed by atoms with Gasteiger partial charge in [0.2, 0.25) is 5.91 Å². The molecule has 1 saturated carbocycles. The summed E-state index contributed by atoms with van der Waals surface area (Å²) in [6.07, 6.45) is 6.64. The fourth-order valence-electron chi connectivity index (χ4n) is 4.31. The van der Waals surface area contributed by atoms with Crippen LogP contribution in [0.5, 0.6) is 0 Å². The highest BCUT2D eigenvalue weighted by molar-refractivity contribution is 6.30. The predicted molar refractivity (Wildman–Crippen MR) is 120 cm³/mol. The third-order valence-electron chi connectivity index (χ3n) is 6.00. The van der Waals surface area contributed by atoms with Crippen molar-refractivity contribution in [1.29, 1.82) is 0 Å². The van der Waals surface area contributed by atoms with Gasteiger partial charge in [-0.15, -0.1) is 0 Å². The number of hydrogen-bond donors (Lipinski definition) is 2. The largest absolute Gasteiger partial charge is 0.355 e. The smallest absolute Gasteiger partial charge is 0.227 e. The van der Waals surface area contributed by atoms with E-state index in [1.807, 2.05) is 24.3 Å². The Morgan fingerprint density at radius 1 is 1.11 bits per heavy atom. The monoisotopic (exact) mass is 404 g/mol. The minimum atomic E-state index is 0. The van der Waals surface area contributed by atoms with Gasteiger partial charge in [0.15, 0.2) is 0 Å². The van der Waals surface area contributed by atoms with Gasteiger partial charge in [-0.3, -0.25) is 4.79 Å². The number of halogens is 1. The summed E-state index contributed by atoms with van der Waals surface area (Å²) in [5.41, 5.74) is 8.05. The van der Waals surface area contributed by atoms with Crippen LogP contribution in [-0.4, -0.2) is 30.0 Å². The quantitative estimate of drug-likeness (QED) is 0.758. The molecule has 0 spiro atoms. The zero-order valence-electron chi connectivity index (χ0n) is 16.0. The second kappa shape index (κ2) is 8.50. The minimum Gasteiger partial charge on any atom is -0.355 e. The highest BCUT2D eigenvalue weighted by atomic mass is 35.5. The standard InChI is InChI=1S/C22H27ClN4O.3H2/c23-18-7-5-16(6-8-18)15-1-3-17(4-2-15)22(28)26-20-9-10-21(25-13-20)27-12-11-19(24)14-27;;;/h5-10,13,15,17,19H,1-4,11-12,14,24H2,(H,26,28);3*1H. The molecule has 1 aromatic carbocycles. The van der Waals surface area contributed by atoms with Gasteiger partial charge in [-0.1, -0.05) is 23.7 Å². The molecular formula is C22H33ClN4O. The first-order valence-corrected chi connectivity index (χ1v) is 10.5. The first kappa shape index (κ1) is 19.2. The molecule has 154 valence electrons.